The number of hydrogen-bond acceptors (Lipinski definition) is 2. The van der Waals surface area contributed by atoms with Crippen LogP contribution < -0.4 is 15.4 Å². The fourth-order valence-electron chi connectivity index (χ4n) is 2.45. The van der Waals surface area contributed by atoms with Crippen LogP contribution in [-0.2, 0) is 13.6 Å². The van der Waals surface area contributed by atoms with Crippen LogP contribution in [0.25, 0.3) is 0 Å². The standard InChI is InChI=1S/C20H30N4O/c1-15(2)14-25-19-8-6-18(7-9-19)16(3)23-20(21-4)22-12-17-10-11-24(5)13-17/h6-11,13,15-16H,12,14H2,1-5H3,(H2,21,22,23). The number of nitrogens with zero attached hydrogens (tertiary/aromatic N) is 2. The summed E-state index contributed by atoms with van der Waals surface area (Å²) in [6.07, 6.45) is 4.14. The molecule has 0 aliphatic rings. The normalized spacial score (nSPS) is 13.0. The molecule has 2 rings (SSSR count). The van der Waals surface area contributed by atoms with Crippen LogP contribution in [0.5, 0.6) is 5.75 Å². The summed E-state index contributed by atoms with van der Waals surface area (Å²) >= 11 is 0. The van der Waals surface area contributed by atoms with E-state index in [0.29, 0.717) is 5.92 Å². The molecule has 0 aliphatic heterocycles. The van der Waals surface area contributed by atoms with Gasteiger partial charge in [0.2, 0.25) is 0 Å². The minimum Gasteiger partial charge on any atom is -0.493 e. The topological polar surface area (TPSA) is 50.6 Å². The first-order valence-corrected chi connectivity index (χ1v) is 8.78. The molecule has 1 heterocycles. The Hall–Kier alpha value is -2.43. The first-order chi connectivity index (χ1) is 12.0. The molecule has 1 aromatic heterocycles. The Bertz CT molecular complexity index is 673. The summed E-state index contributed by atoms with van der Waals surface area (Å²) in [4.78, 5) is 4.30. The maximum Gasteiger partial charge on any atom is 0.191 e. The summed E-state index contributed by atoms with van der Waals surface area (Å²) < 4.78 is 7.78. The summed E-state index contributed by atoms with van der Waals surface area (Å²) in [5.41, 5.74) is 2.42. The van der Waals surface area contributed by atoms with E-state index in [0.717, 1.165) is 24.9 Å². The fraction of sp³-hybridized carbons (Fsp3) is 0.450. The molecule has 136 valence electrons. The second-order valence-corrected chi connectivity index (χ2v) is 6.75. The number of guanidine groups is 1. The molecular formula is C20H30N4O. The highest BCUT2D eigenvalue weighted by Crippen LogP contribution is 2.18. The van der Waals surface area contributed by atoms with Crippen molar-refractivity contribution in [1.29, 1.82) is 0 Å². The molecule has 0 amide bonds. The maximum absolute atomic E-state index is 5.74. The lowest BCUT2D eigenvalue weighted by atomic mass is 10.1. The van der Waals surface area contributed by atoms with Gasteiger partial charge in [-0.15, -0.1) is 0 Å². The van der Waals surface area contributed by atoms with Crippen molar-refractivity contribution in [1.82, 2.24) is 15.2 Å². The highest BCUT2D eigenvalue weighted by Gasteiger charge is 2.08. The molecule has 25 heavy (non-hydrogen) atoms. The van der Waals surface area contributed by atoms with Crippen LogP contribution in [0.1, 0.15) is 37.9 Å². The van der Waals surface area contributed by atoms with E-state index < -0.39 is 0 Å². The van der Waals surface area contributed by atoms with E-state index in [1.54, 1.807) is 7.05 Å². The quantitative estimate of drug-likeness (QED) is 0.598. The van der Waals surface area contributed by atoms with Crippen LogP contribution in [0.3, 0.4) is 0 Å². The Morgan fingerprint density at radius 3 is 2.44 bits per heavy atom. The summed E-state index contributed by atoms with van der Waals surface area (Å²) in [5.74, 6) is 2.23. The zero-order valence-electron chi connectivity index (χ0n) is 15.9. The molecule has 5 heteroatoms. The molecule has 0 aliphatic carbocycles. The third kappa shape index (κ3) is 6.18. The average molecular weight is 342 g/mol. The van der Waals surface area contributed by atoms with Crippen LogP contribution in [0.15, 0.2) is 47.7 Å². The van der Waals surface area contributed by atoms with Gasteiger partial charge in [-0.2, -0.15) is 0 Å². The van der Waals surface area contributed by atoms with Gasteiger partial charge in [0.1, 0.15) is 5.75 Å². The highest BCUT2D eigenvalue weighted by molar-refractivity contribution is 5.80. The van der Waals surface area contributed by atoms with E-state index in [9.17, 15) is 0 Å². The molecule has 1 atom stereocenters. The smallest absolute Gasteiger partial charge is 0.191 e. The molecule has 0 saturated carbocycles. The lowest BCUT2D eigenvalue weighted by Crippen LogP contribution is -2.38. The van der Waals surface area contributed by atoms with Crippen molar-refractivity contribution in [2.45, 2.75) is 33.4 Å². The Kier molecular flexibility index (Phi) is 6.92. The highest BCUT2D eigenvalue weighted by atomic mass is 16.5. The van der Waals surface area contributed by atoms with Crippen molar-refractivity contribution in [2.24, 2.45) is 18.0 Å². The summed E-state index contributed by atoms with van der Waals surface area (Å²) in [6.45, 7) is 7.90. The van der Waals surface area contributed by atoms with Crippen LogP contribution in [0, 0.1) is 5.92 Å². The number of aryl methyl sites for hydroxylation is 1. The van der Waals surface area contributed by atoms with Gasteiger partial charge in [0.15, 0.2) is 5.96 Å². The number of hydrogen-bond donors (Lipinski definition) is 2. The van der Waals surface area contributed by atoms with Gasteiger partial charge in [-0.05, 0) is 42.2 Å². The first kappa shape index (κ1) is 18.9. The molecule has 2 aromatic rings. The van der Waals surface area contributed by atoms with E-state index in [1.807, 2.05) is 29.9 Å². The Morgan fingerprint density at radius 2 is 1.88 bits per heavy atom. The Morgan fingerprint density at radius 1 is 1.16 bits per heavy atom. The van der Waals surface area contributed by atoms with Gasteiger partial charge in [0, 0.05) is 33.0 Å². The fourth-order valence-corrected chi connectivity index (χ4v) is 2.45. The maximum atomic E-state index is 5.74. The molecule has 1 unspecified atom stereocenters. The molecule has 0 spiro atoms. The minimum atomic E-state index is 0.154. The molecular weight excluding hydrogens is 312 g/mol. The summed E-state index contributed by atoms with van der Waals surface area (Å²) in [7, 11) is 3.81. The molecule has 1 aromatic carbocycles. The SMILES string of the molecule is CN=C(NCc1ccn(C)c1)NC(C)c1ccc(OCC(C)C)cc1. The van der Waals surface area contributed by atoms with Crippen molar-refractivity contribution in [3.8, 4) is 5.75 Å². The van der Waals surface area contributed by atoms with Crippen LogP contribution >= 0.6 is 0 Å². The summed E-state index contributed by atoms with van der Waals surface area (Å²) in [6, 6.07) is 10.5. The van der Waals surface area contributed by atoms with Crippen LogP contribution in [0.2, 0.25) is 0 Å². The van der Waals surface area contributed by atoms with Gasteiger partial charge in [0.05, 0.1) is 12.6 Å². The third-order valence-electron chi connectivity index (χ3n) is 3.89. The lowest BCUT2D eigenvalue weighted by Gasteiger charge is -2.18. The van der Waals surface area contributed by atoms with Crippen molar-refractivity contribution in [3.05, 3.63) is 53.9 Å². The van der Waals surface area contributed by atoms with Gasteiger partial charge < -0.3 is 19.9 Å². The van der Waals surface area contributed by atoms with Crippen molar-refractivity contribution in [2.75, 3.05) is 13.7 Å². The number of nitrogens with one attached hydrogen (secondary N) is 2. The second kappa shape index (κ2) is 9.16. The number of aromatic nitrogens is 1. The van der Waals surface area contributed by atoms with Gasteiger partial charge in [-0.1, -0.05) is 26.0 Å². The van der Waals surface area contributed by atoms with Crippen LogP contribution in [0.4, 0.5) is 0 Å². The molecule has 0 saturated heterocycles. The number of aliphatic imine (C=N–C) groups is 1. The molecule has 5 nitrogen and oxygen atoms in total. The van der Waals surface area contributed by atoms with Gasteiger partial charge in [0.25, 0.3) is 0 Å². The van der Waals surface area contributed by atoms with E-state index in [2.05, 4.69) is 60.8 Å². The Balaban J connectivity index is 1.87. The summed E-state index contributed by atoms with van der Waals surface area (Å²) in [5, 5.41) is 6.77. The van der Waals surface area contributed by atoms with E-state index in [1.165, 1.54) is 11.1 Å². The van der Waals surface area contributed by atoms with E-state index >= 15 is 0 Å². The van der Waals surface area contributed by atoms with E-state index in [4.69, 9.17) is 4.74 Å². The van der Waals surface area contributed by atoms with E-state index in [-0.39, 0.29) is 6.04 Å². The molecule has 0 fully saturated rings. The minimum absolute atomic E-state index is 0.154. The van der Waals surface area contributed by atoms with Crippen LogP contribution in [-0.4, -0.2) is 24.2 Å². The largest absolute Gasteiger partial charge is 0.493 e. The average Bonchev–Trinajstić information content (AvgIpc) is 3.02. The zero-order valence-corrected chi connectivity index (χ0v) is 15.9. The Labute approximate surface area is 151 Å². The predicted molar refractivity (Wildman–Crippen MR) is 104 cm³/mol. The molecule has 0 radical (unpaired) electrons. The van der Waals surface area contributed by atoms with Gasteiger partial charge in [-0.25, -0.2) is 0 Å². The van der Waals surface area contributed by atoms with Crippen molar-refractivity contribution in [3.63, 3.8) is 0 Å². The number of rotatable bonds is 7. The first-order valence-electron chi connectivity index (χ1n) is 8.78. The van der Waals surface area contributed by atoms with Gasteiger partial charge in [-0.3, -0.25) is 4.99 Å². The van der Waals surface area contributed by atoms with Gasteiger partial charge >= 0.3 is 0 Å². The number of ether oxygens (including phenoxy) is 1. The third-order valence-corrected chi connectivity index (χ3v) is 3.89. The number of benzene rings is 1. The second-order valence-electron chi connectivity index (χ2n) is 6.75. The zero-order chi connectivity index (χ0) is 18.2. The predicted octanol–water partition coefficient (Wildman–Crippen LogP) is 3.49. The van der Waals surface area contributed by atoms with Crippen molar-refractivity contribution >= 4 is 5.96 Å². The molecule has 2 N–H and O–H groups in total. The van der Waals surface area contributed by atoms with Crippen molar-refractivity contribution < 1.29 is 4.74 Å². The molecule has 0 bridgehead atoms. The monoisotopic (exact) mass is 342 g/mol. The lowest BCUT2D eigenvalue weighted by molar-refractivity contribution is 0.271.